The highest BCUT2D eigenvalue weighted by molar-refractivity contribution is 7.88. The van der Waals surface area contributed by atoms with Crippen molar-refractivity contribution in [3.8, 4) is 0 Å². The Morgan fingerprint density at radius 3 is 2.65 bits per heavy atom. The molecule has 0 aliphatic heterocycles. The number of nitrogens with two attached hydrogens (primary N) is 1. The summed E-state index contributed by atoms with van der Waals surface area (Å²) in [6.07, 6.45) is 2.43. The molecule has 0 aromatic heterocycles. The highest BCUT2D eigenvalue weighted by Gasteiger charge is 2.29. The quantitative estimate of drug-likeness (QED) is 0.741. The predicted octanol–water partition coefficient (Wildman–Crippen LogP) is 1.17. The molecule has 1 aliphatic rings. The Morgan fingerprint density at radius 2 is 2.05 bits per heavy atom. The molecular formula is C14H23N3O2S. The molecule has 1 saturated carbocycles. The topological polar surface area (TPSA) is 75.4 Å². The molecule has 1 aliphatic carbocycles. The predicted molar refractivity (Wildman–Crippen MR) is 81.7 cm³/mol. The zero-order valence-electron chi connectivity index (χ0n) is 12.0. The Labute approximate surface area is 121 Å². The van der Waals surface area contributed by atoms with Crippen molar-refractivity contribution in [2.75, 3.05) is 19.3 Å². The molecule has 112 valence electrons. The van der Waals surface area contributed by atoms with E-state index in [9.17, 15) is 8.42 Å². The lowest BCUT2D eigenvalue weighted by molar-refractivity contribution is 0.248. The molecule has 1 fully saturated rings. The van der Waals surface area contributed by atoms with Crippen LogP contribution in [0.2, 0.25) is 0 Å². The maximum Gasteiger partial charge on any atom is 0.215 e. The first-order valence-electron chi connectivity index (χ1n) is 6.91. The number of hydrogen-bond donors (Lipinski definition) is 2. The van der Waals surface area contributed by atoms with Gasteiger partial charge in [-0.1, -0.05) is 18.2 Å². The summed E-state index contributed by atoms with van der Waals surface area (Å²) in [7, 11) is -1.30. The number of sulfonamides is 1. The molecular weight excluding hydrogens is 274 g/mol. The summed E-state index contributed by atoms with van der Waals surface area (Å²) in [5, 5.41) is 0. The van der Waals surface area contributed by atoms with Gasteiger partial charge < -0.3 is 5.73 Å². The third-order valence-electron chi connectivity index (χ3n) is 3.82. The average Bonchev–Trinajstić information content (AvgIpc) is 3.22. The lowest BCUT2D eigenvalue weighted by Crippen LogP contribution is -2.41. The van der Waals surface area contributed by atoms with Gasteiger partial charge in [0.25, 0.3) is 0 Å². The van der Waals surface area contributed by atoms with E-state index in [4.69, 9.17) is 5.73 Å². The molecule has 20 heavy (non-hydrogen) atoms. The third-order valence-corrected chi connectivity index (χ3v) is 5.11. The Kier molecular flexibility index (Phi) is 4.67. The molecule has 3 N–H and O–H groups in total. The molecule has 1 atom stereocenters. The number of benzene rings is 1. The number of para-hydroxylation sites is 1. The first kappa shape index (κ1) is 15.3. The lowest BCUT2D eigenvalue weighted by atomic mass is 10.2. The molecule has 0 bridgehead atoms. The van der Waals surface area contributed by atoms with E-state index in [1.54, 1.807) is 24.3 Å². The van der Waals surface area contributed by atoms with E-state index < -0.39 is 10.0 Å². The largest absolute Gasteiger partial charge is 0.398 e. The number of nitrogen functional groups attached to an aromatic ring is 1. The fraction of sp³-hybridized carbons (Fsp3) is 0.571. The smallest absolute Gasteiger partial charge is 0.215 e. The van der Waals surface area contributed by atoms with Crippen LogP contribution in [-0.2, 0) is 15.8 Å². The van der Waals surface area contributed by atoms with Gasteiger partial charge in [0.15, 0.2) is 0 Å². The normalized spacial score (nSPS) is 17.4. The summed E-state index contributed by atoms with van der Waals surface area (Å²) < 4.78 is 26.8. The molecule has 2 rings (SSSR count). The standard InChI is InChI=1S/C14H23N3O2S/c1-11(17(2)13-7-8-13)9-16-20(18,19)10-12-5-3-4-6-14(12)15/h3-6,11,13,16H,7-10,15H2,1-2H3. The zero-order chi connectivity index (χ0) is 14.8. The van der Waals surface area contributed by atoms with Crippen molar-refractivity contribution in [3.63, 3.8) is 0 Å². The van der Waals surface area contributed by atoms with E-state index in [1.165, 1.54) is 12.8 Å². The lowest BCUT2D eigenvalue weighted by Gasteiger charge is -2.24. The van der Waals surface area contributed by atoms with E-state index in [0.29, 0.717) is 23.8 Å². The summed E-state index contributed by atoms with van der Waals surface area (Å²) in [6.45, 7) is 2.47. The highest BCUT2D eigenvalue weighted by atomic mass is 32.2. The van der Waals surface area contributed by atoms with Crippen molar-refractivity contribution >= 4 is 15.7 Å². The Balaban J connectivity index is 1.89. The molecule has 0 saturated heterocycles. The molecule has 5 nitrogen and oxygen atoms in total. The minimum absolute atomic E-state index is 0.0699. The Morgan fingerprint density at radius 1 is 1.40 bits per heavy atom. The van der Waals surface area contributed by atoms with Crippen molar-refractivity contribution in [3.05, 3.63) is 29.8 Å². The van der Waals surface area contributed by atoms with Crippen LogP contribution in [0, 0.1) is 0 Å². The summed E-state index contributed by atoms with van der Waals surface area (Å²) in [4.78, 5) is 2.24. The maximum atomic E-state index is 12.1. The minimum atomic E-state index is -3.35. The van der Waals surface area contributed by atoms with E-state index >= 15 is 0 Å². The SMILES string of the molecule is CC(CNS(=O)(=O)Cc1ccccc1N)N(C)C1CC1. The average molecular weight is 297 g/mol. The monoisotopic (exact) mass is 297 g/mol. The van der Waals surface area contributed by atoms with Gasteiger partial charge in [0.05, 0.1) is 5.75 Å². The van der Waals surface area contributed by atoms with Gasteiger partial charge >= 0.3 is 0 Å². The van der Waals surface area contributed by atoms with E-state index in [1.807, 2.05) is 14.0 Å². The molecule has 6 heteroatoms. The number of hydrogen-bond acceptors (Lipinski definition) is 4. The number of nitrogens with zero attached hydrogens (tertiary/aromatic N) is 1. The van der Waals surface area contributed by atoms with Crippen LogP contribution >= 0.6 is 0 Å². The summed E-state index contributed by atoms with van der Waals surface area (Å²) in [6, 6.07) is 7.88. The zero-order valence-corrected chi connectivity index (χ0v) is 12.9. The maximum absolute atomic E-state index is 12.1. The van der Waals surface area contributed by atoms with Crippen LogP contribution in [0.3, 0.4) is 0 Å². The molecule has 1 unspecified atom stereocenters. The number of likely N-dealkylation sites (N-methyl/N-ethyl adjacent to an activating group) is 1. The van der Waals surface area contributed by atoms with E-state index in [2.05, 4.69) is 9.62 Å². The van der Waals surface area contributed by atoms with E-state index in [-0.39, 0.29) is 11.8 Å². The highest BCUT2D eigenvalue weighted by Crippen LogP contribution is 2.26. The summed E-state index contributed by atoms with van der Waals surface area (Å²) in [5.74, 6) is -0.0699. The first-order chi connectivity index (χ1) is 9.39. The molecule has 0 radical (unpaired) electrons. The third kappa shape index (κ3) is 4.19. The van der Waals surface area contributed by atoms with Crippen molar-refractivity contribution < 1.29 is 8.42 Å². The number of nitrogens with one attached hydrogen (secondary N) is 1. The van der Waals surface area contributed by atoms with Crippen LogP contribution in [0.1, 0.15) is 25.3 Å². The van der Waals surface area contributed by atoms with Crippen LogP contribution in [-0.4, -0.2) is 39.0 Å². The summed E-state index contributed by atoms with van der Waals surface area (Å²) >= 11 is 0. The van der Waals surface area contributed by atoms with Gasteiger partial charge in [0, 0.05) is 24.3 Å². The number of rotatable bonds is 7. The Hall–Kier alpha value is -1.11. The van der Waals surface area contributed by atoms with Gasteiger partial charge in [-0.15, -0.1) is 0 Å². The fourth-order valence-electron chi connectivity index (χ4n) is 2.15. The Bertz CT molecular complexity index is 555. The minimum Gasteiger partial charge on any atom is -0.398 e. The van der Waals surface area contributed by atoms with Crippen LogP contribution in [0.25, 0.3) is 0 Å². The second-order valence-corrected chi connectivity index (χ2v) is 7.36. The molecule has 1 aromatic carbocycles. The van der Waals surface area contributed by atoms with E-state index in [0.717, 1.165) is 0 Å². The van der Waals surface area contributed by atoms with Crippen molar-refractivity contribution in [2.45, 2.75) is 37.6 Å². The van der Waals surface area contributed by atoms with Gasteiger partial charge in [0.1, 0.15) is 0 Å². The van der Waals surface area contributed by atoms with Gasteiger partial charge in [0.2, 0.25) is 10.0 Å². The molecule has 0 heterocycles. The van der Waals surface area contributed by atoms with Gasteiger partial charge in [-0.25, -0.2) is 13.1 Å². The second kappa shape index (κ2) is 6.11. The number of anilines is 1. The van der Waals surface area contributed by atoms with Crippen molar-refractivity contribution in [2.24, 2.45) is 0 Å². The van der Waals surface area contributed by atoms with Gasteiger partial charge in [-0.3, -0.25) is 4.90 Å². The molecule has 1 aromatic rings. The molecule has 0 spiro atoms. The van der Waals surface area contributed by atoms with Crippen molar-refractivity contribution in [1.82, 2.24) is 9.62 Å². The van der Waals surface area contributed by atoms with Crippen LogP contribution in [0.4, 0.5) is 5.69 Å². The first-order valence-corrected chi connectivity index (χ1v) is 8.57. The van der Waals surface area contributed by atoms with Gasteiger partial charge in [-0.2, -0.15) is 0 Å². The summed E-state index contributed by atoms with van der Waals surface area (Å²) in [5.41, 5.74) is 6.94. The second-order valence-electron chi connectivity index (χ2n) is 5.55. The van der Waals surface area contributed by atoms with Crippen LogP contribution in [0.15, 0.2) is 24.3 Å². The fourth-order valence-corrected chi connectivity index (χ4v) is 3.42. The van der Waals surface area contributed by atoms with Gasteiger partial charge in [-0.05, 0) is 38.4 Å². The van der Waals surface area contributed by atoms with Crippen molar-refractivity contribution in [1.29, 1.82) is 0 Å². The molecule has 0 amide bonds. The van der Waals surface area contributed by atoms with Crippen LogP contribution < -0.4 is 10.5 Å². The van der Waals surface area contributed by atoms with Crippen LogP contribution in [0.5, 0.6) is 0 Å².